The maximum absolute atomic E-state index is 15.3. The summed E-state index contributed by atoms with van der Waals surface area (Å²) in [5, 5.41) is 17.5. The van der Waals surface area contributed by atoms with E-state index in [1.165, 1.54) is 13.8 Å². The summed E-state index contributed by atoms with van der Waals surface area (Å²) in [7, 11) is 0. The van der Waals surface area contributed by atoms with Gasteiger partial charge in [0.05, 0.1) is 6.04 Å². The first kappa shape index (κ1) is 24.3. The van der Waals surface area contributed by atoms with Gasteiger partial charge in [0.2, 0.25) is 0 Å². The van der Waals surface area contributed by atoms with Gasteiger partial charge in [0.1, 0.15) is 29.1 Å². The Morgan fingerprint density at radius 1 is 1.30 bits per heavy atom. The predicted octanol–water partition coefficient (Wildman–Crippen LogP) is 5.05. The Morgan fingerprint density at radius 3 is 2.55 bits per heavy atom. The first-order valence-electron chi connectivity index (χ1n) is 10.5. The number of ether oxygens (including phenoxy) is 1. The average Bonchev–Trinajstić information content (AvgIpc) is 2.71. The number of halogens is 3. The molecule has 1 aliphatic rings. The quantitative estimate of drug-likeness (QED) is 0.588. The molecule has 0 saturated carbocycles. The maximum atomic E-state index is 15.3. The van der Waals surface area contributed by atoms with Gasteiger partial charge in [-0.1, -0.05) is 6.07 Å². The van der Waals surface area contributed by atoms with Crippen molar-refractivity contribution < 1.29 is 27.8 Å². The lowest BCUT2D eigenvalue weighted by molar-refractivity contribution is -0.131. The summed E-state index contributed by atoms with van der Waals surface area (Å²) in [6.07, 6.45) is 2.41. The zero-order valence-electron chi connectivity index (χ0n) is 18.6. The molecule has 0 unspecified atom stereocenters. The molecular formula is C25H25F3N2O3. The van der Waals surface area contributed by atoms with Crippen molar-refractivity contribution in [3.63, 3.8) is 0 Å². The van der Waals surface area contributed by atoms with Crippen LogP contribution in [0.2, 0.25) is 0 Å². The van der Waals surface area contributed by atoms with Gasteiger partial charge in [-0.2, -0.15) is 5.26 Å². The van der Waals surface area contributed by atoms with Crippen molar-refractivity contribution in [1.82, 2.24) is 4.90 Å². The molecule has 0 saturated heterocycles. The fourth-order valence-corrected chi connectivity index (χ4v) is 4.23. The van der Waals surface area contributed by atoms with Gasteiger partial charge in [0, 0.05) is 24.2 Å². The number of nitriles is 1. The number of nitrogens with zero attached hydrogens (tertiary/aromatic N) is 2. The van der Waals surface area contributed by atoms with Crippen LogP contribution in [0.1, 0.15) is 49.1 Å². The molecular weight excluding hydrogens is 433 g/mol. The molecule has 0 bridgehead atoms. The Kier molecular flexibility index (Phi) is 7.13. The molecule has 0 aromatic heterocycles. The Bertz CT molecular complexity index is 1100. The minimum absolute atomic E-state index is 0.0511. The Morgan fingerprint density at radius 2 is 1.97 bits per heavy atom. The van der Waals surface area contributed by atoms with Crippen molar-refractivity contribution in [2.75, 3.05) is 13.2 Å². The molecule has 0 fully saturated rings. The summed E-state index contributed by atoms with van der Waals surface area (Å²) >= 11 is 0. The molecule has 0 spiro atoms. The summed E-state index contributed by atoms with van der Waals surface area (Å²) in [6, 6.07) is 7.95. The number of aliphatic carboxylic acids is 1. The number of fused-ring (bicyclic) bond motifs is 1. The van der Waals surface area contributed by atoms with E-state index in [1.807, 2.05) is 13.0 Å². The van der Waals surface area contributed by atoms with Gasteiger partial charge in [0.15, 0.2) is 6.61 Å². The van der Waals surface area contributed by atoms with E-state index in [0.717, 1.165) is 29.8 Å². The number of carboxylic acids is 1. The van der Waals surface area contributed by atoms with Crippen molar-refractivity contribution in [2.24, 2.45) is 0 Å². The molecule has 3 rings (SSSR count). The highest BCUT2D eigenvalue weighted by Gasteiger charge is 2.39. The van der Waals surface area contributed by atoms with Crippen LogP contribution in [0.15, 0.2) is 36.4 Å². The molecule has 2 aromatic rings. The highest BCUT2D eigenvalue weighted by molar-refractivity contribution is 5.85. The molecule has 33 heavy (non-hydrogen) atoms. The van der Waals surface area contributed by atoms with Gasteiger partial charge in [0.25, 0.3) is 0 Å². The summed E-state index contributed by atoms with van der Waals surface area (Å²) in [6.45, 7) is 4.51. The monoisotopic (exact) mass is 458 g/mol. The zero-order chi connectivity index (χ0) is 24.3. The van der Waals surface area contributed by atoms with Gasteiger partial charge >= 0.3 is 5.97 Å². The molecule has 5 nitrogen and oxygen atoms in total. The molecule has 0 radical (unpaired) electrons. The minimum Gasteiger partial charge on any atom is -0.479 e. The molecule has 2 atom stereocenters. The van der Waals surface area contributed by atoms with E-state index in [0.29, 0.717) is 17.7 Å². The average molecular weight is 458 g/mol. The van der Waals surface area contributed by atoms with Crippen LogP contribution in [0.5, 0.6) is 5.75 Å². The van der Waals surface area contributed by atoms with Crippen molar-refractivity contribution in [3.8, 4) is 11.8 Å². The topological polar surface area (TPSA) is 73.6 Å². The van der Waals surface area contributed by atoms with Crippen LogP contribution in [0, 0.1) is 23.0 Å². The number of benzene rings is 2. The molecule has 1 N–H and O–H groups in total. The van der Waals surface area contributed by atoms with Crippen molar-refractivity contribution in [3.05, 3.63) is 70.3 Å². The number of hydrogen-bond donors (Lipinski definition) is 1. The number of alkyl halides is 1. The Labute approximate surface area is 190 Å². The second-order valence-electron chi connectivity index (χ2n) is 8.72. The van der Waals surface area contributed by atoms with Crippen molar-refractivity contribution in [1.29, 1.82) is 5.26 Å². The van der Waals surface area contributed by atoms with Gasteiger partial charge in [-0.05, 0) is 74.2 Å². The molecule has 0 aliphatic carbocycles. The summed E-state index contributed by atoms with van der Waals surface area (Å²) < 4.78 is 50.7. The minimum atomic E-state index is -1.61. The number of carbonyl (C=O) groups is 1. The van der Waals surface area contributed by atoms with Crippen LogP contribution in [0.25, 0.3) is 6.08 Å². The van der Waals surface area contributed by atoms with Crippen LogP contribution in [-0.4, -0.2) is 40.8 Å². The Hall–Kier alpha value is -3.31. The lowest BCUT2D eigenvalue weighted by Gasteiger charge is -2.44. The second kappa shape index (κ2) is 9.67. The Balaban J connectivity index is 2.15. The molecule has 2 aromatic carbocycles. The van der Waals surface area contributed by atoms with E-state index in [1.54, 1.807) is 23.1 Å². The number of carboxylic acid groups (broad SMARTS) is 1. The first-order chi connectivity index (χ1) is 15.5. The van der Waals surface area contributed by atoms with Crippen LogP contribution in [0.4, 0.5) is 13.2 Å². The fourth-order valence-electron chi connectivity index (χ4n) is 4.23. The highest BCUT2D eigenvalue weighted by Crippen LogP contribution is 2.42. The van der Waals surface area contributed by atoms with E-state index >= 15 is 8.78 Å². The summed E-state index contributed by atoms with van der Waals surface area (Å²) in [4.78, 5) is 12.5. The third kappa shape index (κ3) is 5.74. The van der Waals surface area contributed by atoms with Crippen molar-refractivity contribution in [2.45, 2.75) is 44.9 Å². The van der Waals surface area contributed by atoms with E-state index < -0.39 is 29.3 Å². The highest BCUT2D eigenvalue weighted by atomic mass is 19.1. The molecule has 174 valence electrons. The predicted molar refractivity (Wildman–Crippen MR) is 117 cm³/mol. The SMILES string of the molecule is C[C@H]1Cc2cc(OCC#N)ccc2[C@H](c2c(F)cc(/C=C/C(=O)O)cc2F)N1CC(C)(C)F. The van der Waals surface area contributed by atoms with Crippen LogP contribution < -0.4 is 4.74 Å². The number of hydrogen-bond acceptors (Lipinski definition) is 4. The standard InChI is InChI=1S/C25H25F3N2O3/c1-15-10-17-13-18(33-9-8-29)5-6-19(17)24(30(15)14-25(2,3)28)23-20(26)11-16(12-21(23)27)4-7-22(31)32/h4-7,11-13,15,24H,9-10,14H2,1-3H3,(H,31,32)/b7-4+/t15-,24+/m0/s1. The van der Waals surface area contributed by atoms with E-state index in [9.17, 15) is 9.18 Å². The van der Waals surface area contributed by atoms with Gasteiger partial charge in [-0.3, -0.25) is 4.90 Å². The van der Waals surface area contributed by atoms with E-state index in [4.69, 9.17) is 15.1 Å². The van der Waals surface area contributed by atoms with Crippen LogP contribution in [-0.2, 0) is 11.2 Å². The van der Waals surface area contributed by atoms with Gasteiger partial charge in [-0.25, -0.2) is 18.0 Å². The molecule has 8 heteroatoms. The number of rotatable bonds is 7. The maximum Gasteiger partial charge on any atom is 0.328 e. The van der Waals surface area contributed by atoms with E-state index in [2.05, 4.69) is 0 Å². The zero-order valence-corrected chi connectivity index (χ0v) is 18.6. The normalized spacial score (nSPS) is 18.7. The first-order valence-corrected chi connectivity index (χ1v) is 10.5. The fraction of sp³-hybridized carbons (Fsp3) is 0.360. The lowest BCUT2D eigenvalue weighted by Crippen LogP contribution is -2.48. The van der Waals surface area contributed by atoms with Crippen LogP contribution >= 0.6 is 0 Å². The second-order valence-corrected chi connectivity index (χ2v) is 8.72. The molecule has 1 aliphatic heterocycles. The largest absolute Gasteiger partial charge is 0.479 e. The van der Waals surface area contributed by atoms with Gasteiger partial charge in [-0.15, -0.1) is 0 Å². The van der Waals surface area contributed by atoms with Crippen LogP contribution in [0.3, 0.4) is 0 Å². The molecule has 0 amide bonds. The summed E-state index contributed by atoms with van der Waals surface area (Å²) in [5.41, 5.74) is -0.363. The lowest BCUT2D eigenvalue weighted by atomic mass is 9.83. The smallest absolute Gasteiger partial charge is 0.328 e. The van der Waals surface area contributed by atoms with Crippen molar-refractivity contribution >= 4 is 12.0 Å². The third-order valence-corrected chi connectivity index (χ3v) is 5.48. The summed E-state index contributed by atoms with van der Waals surface area (Å²) in [5.74, 6) is -2.47. The third-order valence-electron chi connectivity index (χ3n) is 5.48. The molecule has 1 heterocycles. The van der Waals surface area contributed by atoms with Gasteiger partial charge < -0.3 is 9.84 Å². The van der Waals surface area contributed by atoms with E-state index in [-0.39, 0.29) is 30.3 Å².